The van der Waals surface area contributed by atoms with Crippen LogP contribution in [0.5, 0.6) is 0 Å². The molecule has 0 radical (unpaired) electrons. The molecule has 1 atom stereocenters. The molecule has 0 saturated heterocycles. The summed E-state index contributed by atoms with van der Waals surface area (Å²) < 4.78 is 0. The maximum absolute atomic E-state index is 11.4. The number of urea groups is 1. The van der Waals surface area contributed by atoms with Crippen LogP contribution in [0.4, 0.5) is 4.79 Å². The first-order valence-corrected chi connectivity index (χ1v) is 6.42. The Morgan fingerprint density at radius 1 is 1.56 bits per heavy atom. The summed E-state index contributed by atoms with van der Waals surface area (Å²) in [5, 5.41) is 15.8. The van der Waals surface area contributed by atoms with E-state index in [4.69, 9.17) is 5.11 Å². The Balaban J connectivity index is 2.27. The van der Waals surface area contributed by atoms with Gasteiger partial charge in [0.05, 0.1) is 0 Å². The Kier molecular flexibility index (Phi) is 5.93. The summed E-state index contributed by atoms with van der Waals surface area (Å²) in [7, 11) is 0. The fourth-order valence-electron chi connectivity index (χ4n) is 1.35. The van der Waals surface area contributed by atoms with Crippen molar-refractivity contribution in [3.8, 4) is 0 Å². The molecule has 2 amide bonds. The van der Waals surface area contributed by atoms with Gasteiger partial charge in [0.15, 0.2) is 0 Å². The fourth-order valence-corrected chi connectivity index (χ4v) is 2.06. The van der Waals surface area contributed by atoms with Gasteiger partial charge in [-0.15, -0.1) is 17.9 Å². The smallest absolute Gasteiger partial charge is 0.326 e. The summed E-state index contributed by atoms with van der Waals surface area (Å²) in [6.45, 7) is 3.93. The monoisotopic (exact) mass is 268 g/mol. The predicted molar refractivity (Wildman–Crippen MR) is 70.8 cm³/mol. The van der Waals surface area contributed by atoms with Crippen LogP contribution in [-0.4, -0.2) is 29.7 Å². The van der Waals surface area contributed by atoms with Crippen molar-refractivity contribution in [3.05, 3.63) is 35.0 Å². The maximum Gasteiger partial charge on any atom is 0.326 e. The molecule has 1 unspecified atom stereocenters. The van der Waals surface area contributed by atoms with Gasteiger partial charge < -0.3 is 15.7 Å². The Labute approximate surface area is 110 Å². The van der Waals surface area contributed by atoms with Crippen LogP contribution in [0.25, 0.3) is 0 Å². The van der Waals surface area contributed by atoms with Gasteiger partial charge in [-0.1, -0.05) is 12.1 Å². The first-order valence-electron chi connectivity index (χ1n) is 5.54. The molecule has 6 heteroatoms. The summed E-state index contributed by atoms with van der Waals surface area (Å²) in [6, 6.07) is 2.54. The van der Waals surface area contributed by atoms with Crippen molar-refractivity contribution >= 4 is 23.3 Å². The van der Waals surface area contributed by atoms with E-state index in [1.54, 1.807) is 11.3 Å². The standard InChI is InChI=1S/C12H16N2O3S/c1-2-4-10(11(15)16)14-12(17)13-7-6-9-5-3-8-18-9/h2-3,5,8,10H,1,4,6-7H2,(H,15,16)(H2,13,14,17). The van der Waals surface area contributed by atoms with Gasteiger partial charge in [-0.05, 0) is 24.3 Å². The highest BCUT2D eigenvalue weighted by molar-refractivity contribution is 7.09. The molecule has 3 N–H and O–H groups in total. The minimum atomic E-state index is -1.07. The van der Waals surface area contributed by atoms with Gasteiger partial charge in [0.25, 0.3) is 0 Å². The van der Waals surface area contributed by atoms with E-state index < -0.39 is 18.0 Å². The largest absolute Gasteiger partial charge is 0.480 e. The van der Waals surface area contributed by atoms with Gasteiger partial charge in [-0.2, -0.15) is 0 Å². The Morgan fingerprint density at radius 2 is 2.33 bits per heavy atom. The van der Waals surface area contributed by atoms with E-state index in [0.29, 0.717) is 6.54 Å². The number of hydrogen-bond donors (Lipinski definition) is 3. The van der Waals surface area contributed by atoms with Crippen molar-refractivity contribution < 1.29 is 14.7 Å². The van der Waals surface area contributed by atoms with Crippen LogP contribution in [0.1, 0.15) is 11.3 Å². The second-order valence-corrected chi connectivity index (χ2v) is 4.68. The molecule has 0 aliphatic carbocycles. The zero-order valence-corrected chi connectivity index (χ0v) is 10.7. The number of carbonyl (C=O) groups excluding carboxylic acids is 1. The number of hydrogen-bond acceptors (Lipinski definition) is 3. The first kappa shape index (κ1) is 14.2. The Bertz CT molecular complexity index is 403. The van der Waals surface area contributed by atoms with Gasteiger partial charge in [-0.25, -0.2) is 9.59 Å². The topological polar surface area (TPSA) is 78.4 Å². The fraction of sp³-hybridized carbons (Fsp3) is 0.333. The lowest BCUT2D eigenvalue weighted by Gasteiger charge is -2.13. The minimum absolute atomic E-state index is 0.202. The van der Waals surface area contributed by atoms with Crippen LogP contribution in [0.2, 0.25) is 0 Å². The second kappa shape index (κ2) is 7.50. The SMILES string of the molecule is C=CCC(NC(=O)NCCc1cccs1)C(=O)O. The van der Waals surface area contributed by atoms with Gasteiger partial charge in [0.2, 0.25) is 0 Å². The lowest BCUT2D eigenvalue weighted by molar-refractivity contribution is -0.139. The molecule has 0 aromatic carbocycles. The molecular formula is C12H16N2O3S. The Hall–Kier alpha value is -1.82. The predicted octanol–water partition coefficient (Wildman–Crippen LogP) is 1.62. The zero-order chi connectivity index (χ0) is 13.4. The van der Waals surface area contributed by atoms with E-state index in [1.165, 1.54) is 11.0 Å². The highest BCUT2D eigenvalue weighted by Gasteiger charge is 2.17. The van der Waals surface area contributed by atoms with Crippen molar-refractivity contribution in [1.29, 1.82) is 0 Å². The molecule has 0 aliphatic heterocycles. The maximum atomic E-state index is 11.4. The van der Waals surface area contributed by atoms with Crippen LogP contribution in [0.15, 0.2) is 30.2 Å². The van der Waals surface area contributed by atoms with Crippen LogP contribution < -0.4 is 10.6 Å². The summed E-state index contributed by atoms with van der Waals surface area (Å²) in [4.78, 5) is 23.4. The summed E-state index contributed by atoms with van der Waals surface area (Å²) in [6.07, 6.45) is 2.41. The molecule has 0 aliphatic rings. The summed E-state index contributed by atoms with van der Waals surface area (Å²) in [5.41, 5.74) is 0. The third-order valence-corrected chi connectivity index (χ3v) is 3.18. The molecule has 0 saturated carbocycles. The van der Waals surface area contributed by atoms with E-state index in [2.05, 4.69) is 17.2 Å². The molecular weight excluding hydrogens is 252 g/mol. The van der Waals surface area contributed by atoms with E-state index in [9.17, 15) is 9.59 Å². The quantitative estimate of drug-likeness (QED) is 0.657. The molecule has 1 aromatic rings. The number of carbonyl (C=O) groups is 2. The highest BCUT2D eigenvalue weighted by Crippen LogP contribution is 2.07. The van der Waals surface area contributed by atoms with Gasteiger partial charge in [0.1, 0.15) is 6.04 Å². The molecule has 98 valence electrons. The van der Waals surface area contributed by atoms with Crippen molar-refractivity contribution in [1.82, 2.24) is 10.6 Å². The number of thiophene rings is 1. The number of aliphatic carboxylic acids is 1. The molecule has 18 heavy (non-hydrogen) atoms. The van der Waals surface area contributed by atoms with Crippen LogP contribution in [0.3, 0.4) is 0 Å². The molecule has 1 aromatic heterocycles. The summed E-state index contributed by atoms with van der Waals surface area (Å²) >= 11 is 1.62. The number of carboxylic acids is 1. The molecule has 1 rings (SSSR count). The Morgan fingerprint density at radius 3 is 2.89 bits per heavy atom. The molecule has 0 bridgehead atoms. The van der Waals surface area contributed by atoms with E-state index in [-0.39, 0.29) is 6.42 Å². The highest BCUT2D eigenvalue weighted by atomic mass is 32.1. The third-order valence-electron chi connectivity index (χ3n) is 2.24. The average molecular weight is 268 g/mol. The van der Waals surface area contributed by atoms with Gasteiger partial charge in [0, 0.05) is 11.4 Å². The number of amides is 2. The van der Waals surface area contributed by atoms with E-state index >= 15 is 0 Å². The van der Waals surface area contributed by atoms with Crippen molar-refractivity contribution in [2.24, 2.45) is 0 Å². The zero-order valence-electron chi connectivity index (χ0n) is 9.89. The number of carboxylic acid groups (broad SMARTS) is 1. The average Bonchev–Trinajstić information content (AvgIpc) is 2.81. The number of nitrogens with one attached hydrogen (secondary N) is 2. The molecule has 5 nitrogen and oxygen atoms in total. The van der Waals surface area contributed by atoms with Crippen molar-refractivity contribution in [3.63, 3.8) is 0 Å². The van der Waals surface area contributed by atoms with Crippen LogP contribution in [0, 0.1) is 0 Å². The number of rotatable bonds is 7. The molecule has 1 heterocycles. The van der Waals surface area contributed by atoms with Crippen LogP contribution >= 0.6 is 11.3 Å². The van der Waals surface area contributed by atoms with Crippen molar-refractivity contribution in [2.75, 3.05) is 6.54 Å². The van der Waals surface area contributed by atoms with Gasteiger partial charge in [-0.3, -0.25) is 0 Å². The van der Waals surface area contributed by atoms with E-state index in [0.717, 1.165) is 6.42 Å². The van der Waals surface area contributed by atoms with E-state index in [1.807, 2.05) is 17.5 Å². The first-order chi connectivity index (χ1) is 8.63. The second-order valence-electron chi connectivity index (χ2n) is 3.64. The van der Waals surface area contributed by atoms with Crippen LogP contribution in [-0.2, 0) is 11.2 Å². The molecule has 0 fully saturated rings. The third kappa shape index (κ3) is 5.01. The lowest BCUT2D eigenvalue weighted by atomic mass is 10.2. The minimum Gasteiger partial charge on any atom is -0.480 e. The summed E-state index contributed by atoms with van der Waals surface area (Å²) in [5.74, 6) is -1.07. The normalized spacial score (nSPS) is 11.6. The van der Waals surface area contributed by atoms with Gasteiger partial charge >= 0.3 is 12.0 Å². The van der Waals surface area contributed by atoms with Crippen molar-refractivity contribution in [2.45, 2.75) is 18.9 Å². The molecule has 0 spiro atoms. The lowest BCUT2D eigenvalue weighted by Crippen LogP contribution is -2.46.